The van der Waals surface area contributed by atoms with Crippen molar-refractivity contribution in [2.24, 2.45) is 5.73 Å². The van der Waals surface area contributed by atoms with Crippen LogP contribution in [0.3, 0.4) is 0 Å². The molecule has 0 fully saturated rings. The lowest BCUT2D eigenvalue weighted by Crippen LogP contribution is -2.17. The van der Waals surface area contributed by atoms with Crippen LogP contribution in [0.1, 0.15) is 25.9 Å². The summed E-state index contributed by atoms with van der Waals surface area (Å²) in [5.41, 5.74) is 7.64. The molecule has 0 aliphatic rings. The largest absolute Gasteiger partial charge is 0.389 e. The van der Waals surface area contributed by atoms with E-state index in [1.165, 1.54) is 11.3 Å². The third-order valence-corrected chi connectivity index (χ3v) is 3.84. The van der Waals surface area contributed by atoms with E-state index >= 15 is 0 Å². The minimum Gasteiger partial charge on any atom is -0.389 e. The number of hydrogen-bond donors (Lipinski definition) is 2. The third kappa shape index (κ3) is 2.97. The number of aryl methyl sites for hydroxylation is 2. The molecule has 4 nitrogen and oxygen atoms in total. The summed E-state index contributed by atoms with van der Waals surface area (Å²) in [6.45, 7) is 3.69. The average Bonchev–Trinajstić information content (AvgIpc) is 2.69. The first-order valence-corrected chi connectivity index (χ1v) is 6.85. The Balaban J connectivity index is 2.29. The summed E-state index contributed by atoms with van der Waals surface area (Å²) in [6, 6.07) is 7.20. The highest BCUT2D eigenvalue weighted by Gasteiger charge is 2.15. The molecule has 0 aliphatic heterocycles. The first-order valence-electron chi connectivity index (χ1n) is 5.63. The number of hydrogen-bond acceptors (Lipinski definition) is 4. The highest BCUT2D eigenvalue weighted by Crippen LogP contribution is 2.21. The zero-order valence-corrected chi connectivity index (χ0v) is 12.2. The van der Waals surface area contributed by atoms with E-state index in [2.05, 4.69) is 10.3 Å². The van der Waals surface area contributed by atoms with Gasteiger partial charge in [-0.3, -0.25) is 4.79 Å². The predicted octanol–water partition coefficient (Wildman–Crippen LogP) is 2.65. The molecule has 1 aromatic heterocycles. The lowest BCUT2D eigenvalue weighted by Gasteiger charge is -2.09. The van der Waals surface area contributed by atoms with E-state index in [1.807, 2.05) is 26.0 Å². The van der Waals surface area contributed by atoms with E-state index in [9.17, 15) is 4.79 Å². The van der Waals surface area contributed by atoms with Crippen LogP contribution in [0, 0.1) is 13.8 Å². The monoisotopic (exact) mass is 291 g/mol. The van der Waals surface area contributed by atoms with Crippen LogP contribution in [0.15, 0.2) is 24.3 Å². The van der Waals surface area contributed by atoms with Crippen molar-refractivity contribution < 1.29 is 4.79 Å². The molecular formula is C13H13N3OS2. The highest BCUT2D eigenvalue weighted by atomic mass is 32.1. The second kappa shape index (κ2) is 5.46. The van der Waals surface area contributed by atoms with Crippen LogP contribution in [0.5, 0.6) is 0 Å². The van der Waals surface area contributed by atoms with Gasteiger partial charge in [-0.25, -0.2) is 4.98 Å². The van der Waals surface area contributed by atoms with Gasteiger partial charge in [-0.05, 0) is 26.0 Å². The fourth-order valence-corrected chi connectivity index (χ4v) is 2.72. The summed E-state index contributed by atoms with van der Waals surface area (Å²) in [7, 11) is 0. The van der Waals surface area contributed by atoms with Gasteiger partial charge in [0.2, 0.25) is 0 Å². The van der Waals surface area contributed by atoms with E-state index < -0.39 is 0 Å². The fraction of sp³-hybridized carbons (Fsp3) is 0.154. The molecule has 0 aliphatic carbocycles. The molecule has 2 aromatic rings. The molecule has 1 aromatic carbocycles. The quantitative estimate of drug-likeness (QED) is 0.853. The third-order valence-electron chi connectivity index (χ3n) is 2.55. The van der Waals surface area contributed by atoms with E-state index in [0.29, 0.717) is 16.1 Å². The molecule has 0 bridgehead atoms. The number of rotatable bonds is 3. The molecule has 0 spiro atoms. The summed E-state index contributed by atoms with van der Waals surface area (Å²) in [6.07, 6.45) is 0. The fourth-order valence-electron chi connectivity index (χ4n) is 1.73. The number of amides is 1. The Labute approximate surface area is 120 Å². The predicted molar refractivity (Wildman–Crippen MR) is 81.9 cm³/mol. The van der Waals surface area contributed by atoms with Crippen LogP contribution in [0.2, 0.25) is 0 Å². The second-order valence-corrected chi connectivity index (χ2v) is 5.65. The van der Waals surface area contributed by atoms with Crippen LogP contribution >= 0.6 is 23.6 Å². The van der Waals surface area contributed by atoms with Crippen molar-refractivity contribution in [1.29, 1.82) is 0 Å². The van der Waals surface area contributed by atoms with Crippen molar-refractivity contribution in [2.45, 2.75) is 13.8 Å². The SMILES string of the molecule is Cc1nc(C)c(C(=O)Nc2ccccc2C(N)=S)s1. The van der Waals surface area contributed by atoms with E-state index in [0.717, 1.165) is 10.7 Å². The Hall–Kier alpha value is -1.79. The molecule has 0 unspecified atom stereocenters. The average molecular weight is 291 g/mol. The maximum absolute atomic E-state index is 12.2. The second-order valence-electron chi connectivity index (χ2n) is 4.01. The van der Waals surface area contributed by atoms with Gasteiger partial charge >= 0.3 is 0 Å². The number of benzene rings is 1. The zero-order valence-electron chi connectivity index (χ0n) is 10.6. The first-order chi connectivity index (χ1) is 8.99. The number of thiocarbonyl (C=S) groups is 1. The van der Waals surface area contributed by atoms with Crippen LogP contribution in [-0.2, 0) is 0 Å². The summed E-state index contributed by atoms with van der Waals surface area (Å²) in [5.74, 6) is -0.188. The molecule has 0 saturated carbocycles. The van der Waals surface area contributed by atoms with Gasteiger partial charge in [-0.2, -0.15) is 0 Å². The molecule has 2 rings (SSSR count). The maximum Gasteiger partial charge on any atom is 0.267 e. The van der Waals surface area contributed by atoms with Crippen LogP contribution in [-0.4, -0.2) is 15.9 Å². The first kappa shape index (κ1) is 13.6. The summed E-state index contributed by atoms with van der Waals surface area (Å²) in [4.78, 5) is 17.3. The number of aromatic nitrogens is 1. The summed E-state index contributed by atoms with van der Waals surface area (Å²) in [5, 5.41) is 3.69. The van der Waals surface area contributed by atoms with E-state index in [4.69, 9.17) is 18.0 Å². The van der Waals surface area contributed by atoms with Gasteiger partial charge in [0, 0.05) is 5.56 Å². The lowest BCUT2D eigenvalue weighted by atomic mass is 10.1. The van der Waals surface area contributed by atoms with Crippen molar-refractivity contribution in [3.63, 3.8) is 0 Å². The van der Waals surface area contributed by atoms with Crippen molar-refractivity contribution in [3.05, 3.63) is 45.4 Å². The molecule has 0 atom stereocenters. The summed E-state index contributed by atoms with van der Waals surface area (Å²) >= 11 is 6.33. The van der Waals surface area contributed by atoms with Gasteiger partial charge in [0.1, 0.15) is 9.87 Å². The molecule has 6 heteroatoms. The van der Waals surface area contributed by atoms with Gasteiger partial charge in [-0.15, -0.1) is 11.3 Å². The van der Waals surface area contributed by atoms with E-state index in [1.54, 1.807) is 12.1 Å². The van der Waals surface area contributed by atoms with Crippen LogP contribution in [0.25, 0.3) is 0 Å². The van der Waals surface area contributed by atoms with Gasteiger partial charge in [0.25, 0.3) is 5.91 Å². The number of carbonyl (C=O) groups excluding carboxylic acids is 1. The van der Waals surface area contributed by atoms with Crippen LogP contribution < -0.4 is 11.1 Å². The Morgan fingerprint density at radius 3 is 2.63 bits per heavy atom. The number of para-hydroxylation sites is 1. The zero-order chi connectivity index (χ0) is 14.0. The Morgan fingerprint density at radius 1 is 1.37 bits per heavy atom. The molecule has 1 heterocycles. The number of anilines is 1. The molecule has 1 amide bonds. The van der Waals surface area contributed by atoms with Gasteiger partial charge in [0.15, 0.2) is 0 Å². The van der Waals surface area contributed by atoms with Crippen LogP contribution in [0.4, 0.5) is 5.69 Å². The standard InChI is InChI=1S/C13H13N3OS2/c1-7-11(19-8(2)15-7)13(17)16-10-6-4-3-5-9(10)12(14)18/h3-6H,1-2H3,(H2,14,18)(H,16,17). The Kier molecular flexibility index (Phi) is 3.92. The molecule has 3 N–H and O–H groups in total. The lowest BCUT2D eigenvalue weighted by molar-refractivity contribution is 0.103. The molecule has 19 heavy (non-hydrogen) atoms. The van der Waals surface area contributed by atoms with E-state index in [-0.39, 0.29) is 10.9 Å². The van der Waals surface area contributed by atoms with Gasteiger partial charge in [0.05, 0.1) is 16.4 Å². The topological polar surface area (TPSA) is 68.0 Å². The maximum atomic E-state index is 12.2. The normalized spacial score (nSPS) is 10.2. The minimum absolute atomic E-state index is 0.188. The summed E-state index contributed by atoms with van der Waals surface area (Å²) < 4.78 is 0. The smallest absolute Gasteiger partial charge is 0.267 e. The number of nitrogens with one attached hydrogen (secondary N) is 1. The van der Waals surface area contributed by atoms with Crippen molar-refractivity contribution in [3.8, 4) is 0 Å². The number of nitrogens with zero attached hydrogens (tertiary/aromatic N) is 1. The minimum atomic E-state index is -0.188. The molecule has 0 saturated heterocycles. The number of thiazole rings is 1. The van der Waals surface area contributed by atoms with Crippen molar-refractivity contribution >= 4 is 40.1 Å². The number of carbonyl (C=O) groups is 1. The highest BCUT2D eigenvalue weighted by molar-refractivity contribution is 7.80. The van der Waals surface area contributed by atoms with Gasteiger partial charge < -0.3 is 11.1 Å². The molecule has 0 radical (unpaired) electrons. The number of nitrogens with two attached hydrogens (primary N) is 1. The van der Waals surface area contributed by atoms with Crippen molar-refractivity contribution in [1.82, 2.24) is 4.98 Å². The van der Waals surface area contributed by atoms with Gasteiger partial charge in [-0.1, -0.05) is 24.4 Å². The Morgan fingerprint density at radius 2 is 2.05 bits per heavy atom. The Bertz CT molecular complexity index is 649. The molecule has 98 valence electrons. The van der Waals surface area contributed by atoms with Crippen molar-refractivity contribution in [2.75, 3.05) is 5.32 Å². The molecular weight excluding hydrogens is 278 g/mol.